The Morgan fingerprint density at radius 3 is 2.47 bits per heavy atom. The van der Waals surface area contributed by atoms with E-state index in [0.29, 0.717) is 5.75 Å². The molecule has 0 bridgehead atoms. The highest BCUT2D eigenvalue weighted by Gasteiger charge is 2.30. The van der Waals surface area contributed by atoms with Crippen LogP contribution in [0.1, 0.15) is 5.56 Å². The number of nitrogens with zero attached hydrogens (tertiary/aromatic N) is 1. The number of imide groups is 1. The summed E-state index contributed by atoms with van der Waals surface area (Å²) in [5, 5.41) is -0.434. The van der Waals surface area contributed by atoms with Gasteiger partial charge in [-0.25, -0.2) is 17.9 Å². The van der Waals surface area contributed by atoms with Crippen molar-refractivity contribution in [3.63, 3.8) is 0 Å². The van der Waals surface area contributed by atoms with E-state index in [4.69, 9.17) is 0 Å². The highest BCUT2D eigenvalue weighted by atomic mass is 32.2. The molecule has 19 heavy (non-hydrogen) atoms. The largest absolute Gasteiger partial charge is 0.338 e. The van der Waals surface area contributed by atoms with Gasteiger partial charge in [0, 0.05) is 12.3 Å². The van der Waals surface area contributed by atoms with E-state index in [-0.39, 0.29) is 11.4 Å². The third-order valence-corrected chi connectivity index (χ3v) is 4.75. The van der Waals surface area contributed by atoms with Gasteiger partial charge in [-0.15, -0.1) is 0 Å². The summed E-state index contributed by atoms with van der Waals surface area (Å²) >= 11 is 0.989. The molecule has 0 unspecified atom stereocenters. The molecule has 1 heterocycles. The maximum atomic E-state index is 11.9. The highest BCUT2D eigenvalue weighted by molar-refractivity contribution is 8.13. The van der Waals surface area contributed by atoms with Gasteiger partial charge in [-0.3, -0.25) is 9.69 Å². The number of amides is 3. The molecule has 1 aliphatic heterocycles. The average Bonchev–Trinajstić information content (AvgIpc) is 2.75. The van der Waals surface area contributed by atoms with Gasteiger partial charge < -0.3 is 0 Å². The monoisotopic (exact) mass is 300 g/mol. The molecule has 0 saturated carbocycles. The van der Waals surface area contributed by atoms with E-state index in [0.717, 1.165) is 22.2 Å². The number of thioether (sulfide) groups is 1. The van der Waals surface area contributed by atoms with E-state index in [1.54, 1.807) is 12.1 Å². The number of urea groups is 1. The highest BCUT2D eigenvalue weighted by Crippen LogP contribution is 2.18. The fourth-order valence-corrected chi connectivity index (χ4v) is 3.26. The lowest BCUT2D eigenvalue weighted by atomic mass is 10.2. The maximum absolute atomic E-state index is 11.9. The molecule has 3 amide bonds. The summed E-state index contributed by atoms with van der Waals surface area (Å²) in [5.41, 5.74) is 0.913. The Hall–Kier alpha value is -1.54. The molecule has 8 heteroatoms. The summed E-state index contributed by atoms with van der Waals surface area (Å²) in [6.07, 6.45) is 0. The number of sulfonamides is 1. The van der Waals surface area contributed by atoms with Gasteiger partial charge in [-0.2, -0.15) is 0 Å². The molecule has 1 aromatic rings. The second-order valence-corrected chi connectivity index (χ2v) is 6.72. The van der Waals surface area contributed by atoms with Gasteiger partial charge >= 0.3 is 6.03 Å². The van der Waals surface area contributed by atoms with Gasteiger partial charge in [-0.05, 0) is 19.1 Å². The normalized spacial score (nSPS) is 15.6. The van der Waals surface area contributed by atoms with Crippen LogP contribution in [-0.2, 0) is 10.0 Å². The standard InChI is InChI=1S/C11H12N2O4S2/c1-8-2-4-9(5-3-8)19(16,17)12-10(14)13-6-7-18-11(13)15/h2-5H,6-7H2,1H3,(H,12,14). The molecule has 0 spiro atoms. The molecule has 1 saturated heterocycles. The third-order valence-electron chi connectivity index (χ3n) is 2.56. The summed E-state index contributed by atoms with van der Waals surface area (Å²) in [4.78, 5) is 23.9. The van der Waals surface area contributed by atoms with Crippen molar-refractivity contribution in [3.8, 4) is 0 Å². The Balaban J connectivity index is 2.15. The van der Waals surface area contributed by atoms with Gasteiger partial charge in [0.2, 0.25) is 0 Å². The van der Waals surface area contributed by atoms with Gasteiger partial charge in [0.1, 0.15) is 0 Å². The number of hydrogen-bond acceptors (Lipinski definition) is 5. The summed E-state index contributed by atoms with van der Waals surface area (Å²) in [5.74, 6) is 0.483. The van der Waals surface area contributed by atoms with Gasteiger partial charge in [0.25, 0.3) is 15.3 Å². The zero-order valence-electron chi connectivity index (χ0n) is 10.1. The summed E-state index contributed by atoms with van der Waals surface area (Å²) in [6, 6.07) is 5.18. The zero-order chi connectivity index (χ0) is 14.0. The van der Waals surface area contributed by atoms with Crippen LogP contribution in [0.4, 0.5) is 9.59 Å². The quantitative estimate of drug-likeness (QED) is 0.896. The predicted octanol–water partition coefficient (Wildman–Crippen LogP) is 1.56. The van der Waals surface area contributed by atoms with Crippen molar-refractivity contribution in [1.29, 1.82) is 0 Å². The Labute approximate surface area is 115 Å². The molecule has 1 fully saturated rings. The lowest BCUT2D eigenvalue weighted by molar-refractivity contribution is 0.208. The van der Waals surface area contributed by atoms with Gasteiger partial charge in [-0.1, -0.05) is 29.5 Å². The van der Waals surface area contributed by atoms with Crippen LogP contribution in [0.5, 0.6) is 0 Å². The molecule has 102 valence electrons. The SMILES string of the molecule is Cc1ccc(S(=O)(=O)NC(=O)N2CCSC2=O)cc1. The average molecular weight is 300 g/mol. The zero-order valence-corrected chi connectivity index (χ0v) is 11.8. The molecule has 0 aliphatic carbocycles. The molecule has 1 aliphatic rings. The lowest BCUT2D eigenvalue weighted by Gasteiger charge is -2.14. The van der Waals surface area contributed by atoms with Crippen LogP contribution >= 0.6 is 11.8 Å². The van der Waals surface area contributed by atoms with Crippen LogP contribution in [0.2, 0.25) is 0 Å². The fraction of sp³-hybridized carbons (Fsp3) is 0.273. The van der Waals surface area contributed by atoms with E-state index < -0.39 is 21.3 Å². The van der Waals surface area contributed by atoms with Crippen molar-refractivity contribution in [2.75, 3.05) is 12.3 Å². The van der Waals surface area contributed by atoms with E-state index in [1.165, 1.54) is 12.1 Å². The first-order valence-corrected chi connectivity index (χ1v) is 7.95. The van der Waals surface area contributed by atoms with Crippen LogP contribution < -0.4 is 4.72 Å². The number of nitrogens with one attached hydrogen (secondary N) is 1. The Bertz CT molecular complexity index is 610. The van der Waals surface area contributed by atoms with Gasteiger partial charge in [0.15, 0.2) is 0 Å². The van der Waals surface area contributed by atoms with Crippen molar-refractivity contribution in [2.24, 2.45) is 0 Å². The van der Waals surface area contributed by atoms with Crippen LogP contribution in [0.25, 0.3) is 0 Å². The lowest BCUT2D eigenvalue weighted by Crippen LogP contribution is -2.42. The molecule has 0 radical (unpaired) electrons. The van der Waals surface area contributed by atoms with Gasteiger partial charge in [0.05, 0.1) is 4.90 Å². The topological polar surface area (TPSA) is 83.6 Å². The Morgan fingerprint density at radius 1 is 1.32 bits per heavy atom. The Morgan fingerprint density at radius 2 is 1.95 bits per heavy atom. The summed E-state index contributed by atoms with van der Waals surface area (Å²) in [6.45, 7) is 2.05. The van der Waals surface area contributed by atoms with Crippen molar-refractivity contribution in [1.82, 2.24) is 9.62 Å². The van der Waals surface area contributed by atoms with Crippen LogP contribution in [0.15, 0.2) is 29.2 Å². The number of aryl methyl sites for hydroxylation is 1. The van der Waals surface area contributed by atoms with E-state index >= 15 is 0 Å². The minimum Gasteiger partial charge on any atom is -0.261 e. The van der Waals surface area contributed by atoms with Crippen molar-refractivity contribution < 1.29 is 18.0 Å². The van der Waals surface area contributed by atoms with Crippen LogP contribution in [0.3, 0.4) is 0 Å². The number of carbonyl (C=O) groups is 2. The van der Waals surface area contributed by atoms with E-state index in [1.807, 2.05) is 11.6 Å². The molecule has 6 nitrogen and oxygen atoms in total. The van der Waals surface area contributed by atoms with E-state index in [9.17, 15) is 18.0 Å². The first-order valence-electron chi connectivity index (χ1n) is 5.48. The first-order chi connectivity index (χ1) is 8.90. The molecular weight excluding hydrogens is 288 g/mol. The molecule has 0 aromatic heterocycles. The first kappa shape index (κ1) is 13.9. The van der Waals surface area contributed by atoms with Crippen molar-refractivity contribution in [3.05, 3.63) is 29.8 Å². The van der Waals surface area contributed by atoms with Crippen molar-refractivity contribution in [2.45, 2.75) is 11.8 Å². The summed E-state index contributed by atoms with van der Waals surface area (Å²) < 4.78 is 25.8. The second kappa shape index (κ2) is 5.22. The van der Waals surface area contributed by atoms with Crippen LogP contribution in [-0.4, -0.2) is 36.9 Å². The smallest absolute Gasteiger partial charge is 0.261 e. The minimum absolute atomic E-state index is 0.00857. The fourth-order valence-electron chi connectivity index (χ4n) is 1.52. The third kappa shape index (κ3) is 3.07. The molecule has 1 N–H and O–H groups in total. The molecule has 1 aromatic carbocycles. The molecule has 0 atom stereocenters. The number of benzene rings is 1. The Kier molecular flexibility index (Phi) is 3.81. The molecular formula is C11H12N2O4S2. The minimum atomic E-state index is -3.94. The number of hydrogen-bond donors (Lipinski definition) is 1. The molecule has 2 rings (SSSR count). The number of carbonyl (C=O) groups excluding carboxylic acids is 2. The van der Waals surface area contributed by atoms with Crippen LogP contribution in [0, 0.1) is 6.92 Å². The number of rotatable bonds is 2. The second-order valence-electron chi connectivity index (χ2n) is 3.99. The van der Waals surface area contributed by atoms with E-state index in [2.05, 4.69) is 0 Å². The predicted molar refractivity (Wildman–Crippen MR) is 71.5 cm³/mol. The maximum Gasteiger partial charge on any atom is 0.338 e. The summed E-state index contributed by atoms with van der Waals surface area (Å²) in [7, 11) is -3.94. The van der Waals surface area contributed by atoms with Crippen molar-refractivity contribution >= 4 is 33.1 Å².